The van der Waals surface area contributed by atoms with Crippen LogP contribution >= 0.6 is 0 Å². The number of imide groups is 1. The molecule has 1 unspecified atom stereocenters. The fourth-order valence-corrected chi connectivity index (χ4v) is 1.50. The van der Waals surface area contributed by atoms with Crippen LogP contribution in [0.2, 0.25) is 0 Å². The summed E-state index contributed by atoms with van der Waals surface area (Å²) in [5.74, 6) is -0.329. The molecule has 1 aliphatic heterocycles. The van der Waals surface area contributed by atoms with Crippen molar-refractivity contribution in [2.24, 2.45) is 0 Å². The van der Waals surface area contributed by atoms with E-state index in [9.17, 15) is 9.59 Å². The lowest BCUT2D eigenvalue weighted by Gasteiger charge is -2.14. The molecule has 0 bridgehead atoms. The molecule has 16 heavy (non-hydrogen) atoms. The normalized spacial score (nSPS) is 24.6. The molecule has 1 saturated heterocycles. The minimum atomic E-state index is -0.951. The molecule has 1 aromatic rings. The third-order valence-corrected chi connectivity index (χ3v) is 2.48. The minimum Gasteiger partial charge on any atom is -0.320 e. The highest BCUT2D eigenvalue weighted by Crippen LogP contribution is 2.13. The smallest absolute Gasteiger partial charge is 0.320 e. The molecule has 1 heterocycles. The van der Waals surface area contributed by atoms with Crippen LogP contribution in [0.15, 0.2) is 36.4 Å². The summed E-state index contributed by atoms with van der Waals surface area (Å²) in [5, 5.41) is 4.77. The van der Waals surface area contributed by atoms with E-state index in [1.54, 1.807) is 13.0 Å². The maximum Gasteiger partial charge on any atom is 0.322 e. The number of carbonyl (C=O) groups excluding carboxylic acids is 2. The van der Waals surface area contributed by atoms with Gasteiger partial charge in [-0.25, -0.2) is 4.79 Å². The predicted octanol–water partition coefficient (Wildman–Crippen LogP) is 1.30. The van der Waals surface area contributed by atoms with Crippen molar-refractivity contribution in [3.63, 3.8) is 0 Å². The molecule has 0 saturated carbocycles. The molecule has 4 heteroatoms. The van der Waals surface area contributed by atoms with E-state index in [2.05, 4.69) is 10.6 Å². The first kappa shape index (κ1) is 10.4. The molecule has 0 radical (unpaired) electrons. The predicted molar refractivity (Wildman–Crippen MR) is 60.6 cm³/mol. The first-order chi connectivity index (χ1) is 7.60. The fourth-order valence-electron chi connectivity index (χ4n) is 1.50. The van der Waals surface area contributed by atoms with Gasteiger partial charge in [0.1, 0.15) is 5.54 Å². The van der Waals surface area contributed by atoms with E-state index in [1.807, 2.05) is 36.4 Å². The molecule has 1 atom stereocenters. The van der Waals surface area contributed by atoms with E-state index in [4.69, 9.17) is 0 Å². The van der Waals surface area contributed by atoms with Gasteiger partial charge in [0.25, 0.3) is 5.91 Å². The Labute approximate surface area is 93.3 Å². The largest absolute Gasteiger partial charge is 0.322 e. The van der Waals surface area contributed by atoms with Gasteiger partial charge in [-0.3, -0.25) is 10.1 Å². The lowest BCUT2D eigenvalue weighted by Crippen LogP contribution is -2.41. The average molecular weight is 216 g/mol. The van der Waals surface area contributed by atoms with Gasteiger partial charge in [-0.2, -0.15) is 0 Å². The van der Waals surface area contributed by atoms with Crippen LogP contribution in [0.1, 0.15) is 12.5 Å². The summed E-state index contributed by atoms with van der Waals surface area (Å²) in [6, 6.07) is 9.14. The summed E-state index contributed by atoms with van der Waals surface area (Å²) in [5.41, 5.74) is 0.0325. The zero-order valence-electron chi connectivity index (χ0n) is 8.86. The second-order valence-electron chi connectivity index (χ2n) is 3.85. The van der Waals surface area contributed by atoms with Gasteiger partial charge in [-0.15, -0.1) is 0 Å². The zero-order chi connectivity index (χ0) is 11.6. The van der Waals surface area contributed by atoms with Crippen molar-refractivity contribution < 1.29 is 9.59 Å². The van der Waals surface area contributed by atoms with Crippen LogP contribution in [0.5, 0.6) is 0 Å². The molecule has 2 N–H and O–H groups in total. The maximum atomic E-state index is 11.5. The maximum absolute atomic E-state index is 11.5. The number of hydrogen-bond acceptors (Lipinski definition) is 2. The van der Waals surface area contributed by atoms with Crippen molar-refractivity contribution in [2.45, 2.75) is 12.5 Å². The van der Waals surface area contributed by atoms with Crippen molar-refractivity contribution in [1.29, 1.82) is 0 Å². The molecule has 3 amide bonds. The van der Waals surface area contributed by atoms with Crippen molar-refractivity contribution in [1.82, 2.24) is 10.6 Å². The summed E-state index contributed by atoms with van der Waals surface area (Å²) >= 11 is 0. The Morgan fingerprint density at radius 2 is 1.88 bits per heavy atom. The number of carbonyl (C=O) groups is 2. The first-order valence-electron chi connectivity index (χ1n) is 4.98. The minimum absolute atomic E-state index is 0.329. The van der Waals surface area contributed by atoms with Crippen LogP contribution in [0, 0.1) is 0 Å². The zero-order valence-corrected chi connectivity index (χ0v) is 8.86. The molecule has 1 fully saturated rings. The number of rotatable bonds is 2. The second-order valence-corrected chi connectivity index (χ2v) is 3.85. The van der Waals surface area contributed by atoms with Crippen molar-refractivity contribution >= 4 is 18.0 Å². The van der Waals surface area contributed by atoms with Crippen molar-refractivity contribution in [3.05, 3.63) is 42.0 Å². The summed E-state index contributed by atoms with van der Waals surface area (Å²) < 4.78 is 0. The van der Waals surface area contributed by atoms with Crippen LogP contribution in [0.25, 0.3) is 6.08 Å². The Hall–Kier alpha value is -2.10. The SMILES string of the molecule is CC1(/C=C/c2ccccc2)NC(=O)NC1=O. The molecular formula is C12H12N2O2. The van der Waals surface area contributed by atoms with Crippen LogP contribution in [0.4, 0.5) is 4.79 Å². The number of hydrogen-bond donors (Lipinski definition) is 2. The molecule has 0 spiro atoms. The lowest BCUT2D eigenvalue weighted by atomic mass is 10.0. The van der Waals surface area contributed by atoms with E-state index in [0.29, 0.717) is 0 Å². The molecule has 2 rings (SSSR count). The summed E-state index contributed by atoms with van der Waals surface area (Å²) in [6.07, 6.45) is 3.49. The van der Waals surface area contributed by atoms with Crippen molar-refractivity contribution in [3.8, 4) is 0 Å². The third-order valence-electron chi connectivity index (χ3n) is 2.48. The monoisotopic (exact) mass is 216 g/mol. The van der Waals surface area contributed by atoms with Gasteiger partial charge in [-0.1, -0.05) is 36.4 Å². The number of nitrogens with one attached hydrogen (secondary N) is 2. The highest BCUT2D eigenvalue weighted by Gasteiger charge is 2.39. The van der Waals surface area contributed by atoms with Crippen LogP contribution in [0.3, 0.4) is 0 Å². The summed E-state index contributed by atoms with van der Waals surface area (Å²) in [7, 11) is 0. The van der Waals surface area contributed by atoms with E-state index < -0.39 is 11.6 Å². The highest BCUT2D eigenvalue weighted by atomic mass is 16.2. The van der Waals surface area contributed by atoms with Gasteiger partial charge in [-0.05, 0) is 18.6 Å². The Morgan fingerprint density at radius 3 is 2.44 bits per heavy atom. The quantitative estimate of drug-likeness (QED) is 0.732. The van der Waals surface area contributed by atoms with E-state index >= 15 is 0 Å². The summed E-state index contributed by atoms with van der Waals surface area (Å²) in [4.78, 5) is 22.5. The molecule has 82 valence electrons. The Balaban J connectivity index is 2.18. The van der Waals surface area contributed by atoms with Crippen molar-refractivity contribution in [2.75, 3.05) is 0 Å². The Kier molecular flexibility index (Phi) is 2.48. The van der Waals surface area contributed by atoms with Gasteiger partial charge >= 0.3 is 6.03 Å². The molecule has 1 aromatic carbocycles. The third kappa shape index (κ3) is 1.95. The average Bonchev–Trinajstić information content (AvgIpc) is 2.52. The van der Waals surface area contributed by atoms with E-state index in [-0.39, 0.29) is 5.91 Å². The molecule has 0 aliphatic carbocycles. The number of amides is 3. The van der Waals surface area contributed by atoms with Gasteiger partial charge in [0.2, 0.25) is 0 Å². The van der Waals surface area contributed by atoms with Crippen LogP contribution in [-0.4, -0.2) is 17.5 Å². The Morgan fingerprint density at radius 1 is 1.19 bits per heavy atom. The number of urea groups is 1. The van der Waals surface area contributed by atoms with Gasteiger partial charge in [0.15, 0.2) is 0 Å². The second kappa shape index (κ2) is 3.81. The standard InChI is InChI=1S/C12H12N2O2/c1-12(10(15)13-11(16)14-12)8-7-9-5-3-2-4-6-9/h2-8H,1H3,(H2,13,14,15,16)/b8-7+. The lowest BCUT2D eigenvalue weighted by molar-refractivity contribution is -0.121. The topological polar surface area (TPSA) is 58.2 Å². The highest BCUT2D eigenvalue weighted by molar-refractivity contribution is 6.08. The van der Waals surface area contributed by atoms with Crippen LogP contribution in [-0.2, 0) is 4.79 Å². The van der Waals surface area contributed by atoms with Gasteiger partial charge in [0, 0.05) is 0 Å². The van der Waals surface area contributed by atoms with Crippen LogP contribution < -0.4 is 10.6 Å². The molecule has 0 aromatic heterocycles. The number of benzene rings is 1. The fraction of sp³-hybridized carbons (Fsp3) is 0.167. The molecular weight excluding hydrogens is 204 g/mol. The molecule has 4 nitrogen and oxygen atoms in total. The Bertz CT molecular complexity index is 453. The first-order valence-corrected chi connectivity index (χ1v) is 4.98. The van der Waals surface area contributed by atoms with E-state index in [1.165, 1.54) is 0 Å². The molecule has 1 aliphatic rings. The summed E-state index contributed by atoms with van der Waals surface area (Å²) in [6.45, 7) is 1.66. The van der Waals surface area contributed by atoms with E-state index in [0.717, 1.165) is 5.56 Å². The van der Waals surface area contributed by atoms with Gasteiger partial charge in [0.05, 0.1) is 0 Å². The van der Waals surface area contributed by atoms with Gasteiger partial charge < -0.3 is 5.32 Å².